The van der Waals surface area contributed by atoms with E-state index in [4.69, 9.17) is 9.94 Å². The molecule has 2 aromatic carbocycles. The summed E-state index contributed by atoms with van der Waals surface area (Å²) in [5.41, 5.74) is 2.01. The van der Waals surface area contributed by atoms with Crippen molar-refractivity contribution < 1.29 is 14.9 Å². The number of nitrogens with zero attached hydrogens (tertiary/aromatic N) is 2. The molecule has 2 aromatic rings. The van der Waals surface area contributed by atoms with Crippen LogP contribution in [0.1, 0.15) is 18.1 Å². The van der Waals surface area contributed by atoms with E-state index in [2.05, 4.69) is 5.16 Å². The highest BCUT2D eigenvalue weighted by Crippen LogP contribution is 2.21. The molecule has 1 N–H and O–H groups in total. The van der Waals surface area contributed by atoms with Crippen molar-refractivity contribution in [2.75, 3.05) is 0 Å². The summed E-state index contributed by atoms with van der Waals surface area (Å²) in [4.78, 5) is 10.1. The molecule has 108 valence electrons. The van der Waals surface area contributed by atoms with Gasteiger partial charge < -0.3 is 9.94 Å². The molecule has 0 radical (unpaired) electrons. The lowest BCUT2D eigenvalue weighted by molar-refractivity contribution is -0.384. The summed E-state index contributed by atoms with van der Waals surface area (Å²) in [6.45, 7) is 1.95. The minimum atomic E-state index is -0.443. The lowest BCUT2D eigenvalue weighted by atomic mass is 10.1. The van der Waals surface area contributed by atoms with Crippen LogP contribution in [0.3, 0.4) is 0 Å². The van der Waals surface area contributed by atoms with E-state index in [0.717, 1.165) is 5.56 Å². The van der Waals surface area contributed by atoms with Crippen LogP contribution >= 0.6 is 0 Å². The summed E-state index contributed by atoms with van der Waals surface area (Å²) < 4.78 is 5.68. The molecule has 6 heteroatoms. The molecular formula is C15H14N2O4. The van der Waals surface area contributed by atoms with Gasteiger partial charge in [-0.1, -0.05) is 17.3 Å². The van der Waals surface area contributed by atoms with Crippen LogP contribution in [0.15, 0.2) is 53.7 Å². The summed E-state index contributed by atoms with van der Waals surface area (Å²) in [6.07, 6.45) is 0. The predicted molar refractivity (Wildman–Crippen MR) is 77.9 cm³/mol. The Morgan fingerprint density at radius 1 is 1.24 bits per heavy atom. The van der Waals surface area contributed by atoms with Crippen LogP contribution in [-0.4, -0.2) is 15.8 Å². The van der Waals surface area contributed by atoms with Crippen molar-refractivity contribution in [1.29, 1.82) is 0 Å². The lowest BCUT2D eigenvalue weighted by Gasteiger charge is -2.10. The fourth-order valence-corrected chi connectivity index (χ4v) is 1.82. The average molecular weight is 286 g/mol. The third-order valence-corrected chi connectivity index (χ3v) is 2.97. The van der Waals surface area contributed by atoms with Gasteiger partial charge in [0.1, 0.15) is 12.4 Å². The largest absolute Gasteiger partial charge is 0.488 e. The fraction of sp³-hybridized carbons (Fsp3) is 0.133. The van der Waals surface area contributed by atoms with Gasteiger partial charge in [-0.3, -0.25) is 10.1 Å². The molecular weight excluding hydrogens is 272 g/mol. The van der Waals surface area contributed by atoms with E-state index in [1.807, 2.05) is 12.1 Å². The molecule has 0 aliphatic heterocycles. The van der Waals surface area contributed by atoms with Gasteiger partial charge in [-0.05, 0) is 36.8 Å². The summed E-state index contributed by atoms with van der Waals surface area (Å²) in [5.74, 6) is 0.589. The van der Waals surface area contributed by atoms with Gasteiger partial charge in [0.05, 0.1) is 10.6 Å². The van der Waals surface area contributed by atoms with E-state index in [1.165, 1.54) is 12.1 Å². The minimum absolute atomic E-state index is 0.0439. The van der Waals surface area contributed by atoms with Gasteiger partial charge in [0.2, 0.25) is 0 Å². The van der Waals surface area contributed by atoms with Crippen LogP contribution in [0.4, 0.5) is 5.69 Å². The fourth-order valence-electron chi connectivity index (χ4n) is 1.82. The Morgan fingerprint density at radius 3 is 2.52 bits per heavy atom. The zero-order chi connectivity index (χ0) is 15.2. The van der Waals surface area contributed by atoms with Crippen molar-refractivity contribution in [3.63, 3.8) is 0 Å². The Bertz CT molecular complexity index is 666. The monoisotopic (exact) mass is 286 g/mol. The number of nitro benzene ring substituents is 1. The molecule has 0 heterocycles. The topological polar surface area (TPSA) is 85.0 Å². The average Bonchev–Trinajstić information content (AvgIpc) is 2.52. The Kier molecular flexibility index (Phi) is 4.50. The van der Waals surface area contributed by atoms with Gasteiger partial charge in [0.15, 0.2) is 0 Å². The number of oxime groups is 1. The molecule has 0 saturated heterocycles. The van der Waals surface area contributed by atoms with E-state index in [-0.39, 0.29) is 12.3 Å². The van der Waals surface area contributed by atoms with Crippen LogP contribution < -0.4 is 4.74 Å². The van der Waals surface area contributed by atoms with Crippen LogP contribution in [0.5, 0.6) is 5.75 Å². The third-order valence-electron chi connectivity index (χ3n) is 2.97. The molecule has 0 aromatic heterocycles. The van der Waals surface area contributed by atoms with Gasteiger partial charge in [-0.2, -0.15) is 0 Å². The quantitative estimate of drug-likeness (QED) is 0.395. The predicted octanol–water partition coefficient (Wildman–Crippen LogP) is 3.37. The number of nitro groups is 1. The van der Waals surface area contributed by atoms with E-state index >= 15 is 0 Å². The van der Waals surface area contributed by atoms with Crippen molar-refractivity contribution in [2.45, 2.75) is 13.5 Å². The van der Waals surface area contributed by atoms with Gasteiger partial charge in [0, 0.05) is 17.7 Å². The van der Waals surface area contributed by atoms with Gasteiger partial charge in [-0.15, -0.1) is 0 Å². The maximum Gasteiger partial charge on any atom is 0.269 e. The Hall–Kier alpha value is -2.89. The molecule has 0 saturated carbocycles. The first-order valence-corrected chi connectivity index (χ1v) is 6.26. The van der Waals surface area contributed by atoms with Crippen molar-refractivity contribution in [2.24, 2.45) is 5.16 Å². The number of rotatable bonds is 5. The molecule has 0 atom stereocenters. The smallest absolute Gasteiger partial charge is 0.269 e. The third kappa shape index (κ3) is 3.56. The minimum Gasteiger partial charge on any atom is -0.488 e. The van der Waals surface area contributed by atoms with Crippen molar-refractivity contribution in [1.82, 2.24) is 0 Å². The molecule has 0 bridgehead atoms. The molecule has 2 rings (SSSR count). The number of non-ortho nitro benzene ring substituents is 1. The number of hydrogen-bond acceptors (Lipinski definition) is 5. The number of benzene rings is 2. The molecule has 0 unspecified atom stereocenters. The standard InChI is InChI=1S/C15H14N2O4/c1-11(16-18)14-4-2-3-5-15(14)21-10-12-6-8-13(9-7-12)17(19)20/h2-9,18H,10H2,1H3/b16-11+. The first kappa shape index (κ1) is 14.5. The Balaban J connectivity index is 2.11. The molecule has 0 aliphatic carbocycles. The zero-order valence-electron chi connectivity index (χ0n) is 11.4. The van der Waals surface area contributed by atoms with Crippen molar-refractivity contribution in [3.8, 4) is 5.75 Å². The van der Waals surface area contributed by atoms with E-state index in [0.29, 0.717) is 17.0 Å². The zero-order valence-corrected chi connectivity index (χ0v) is 11.4. The molecule has 0 amide bonds. The second-order valence-corrected chi connectivity index (χ2v) is 4.39. The molecule has 6 nitrogen and oxygen atoms in total. The highest BCUT2D eigenvalue weighted by atomic mass is 16.6. The van der Waals surface area contributed by atoms with Crippen LogP contribution in [0.2, 0.25) is 0 Å². The van der Waals surface area contributed by atoms with Crippen LogP contribution in [0.25, 0.3) is 0 Å². The normalized spacial score (nSPS) is 11.2. The highest BCUT2D eigenvalue weighted by Gasteiger charge is 2.08. The van der Waals surface area contributed by atoms with Gasteiger partial charge in [0.25, 0.3) is 5.69 Å². The first-order chi connectivity index (χ1) is 10.1. The SMILES string of the molecule is C/C(=N\O)c1ccccc1OCc1ccc([N+](=O)[O-])cc1. The Labute approximate surface area is 121 Å². The number of para-hydroxylation sites is 1. The molecule has 0 spiro atoms. The van der Waals surface area contributed by atoms with Gasteiger partial charge >= 0.3 is 0 Å². The summed E-state index contributed by atoms with van der Waals surface area (Å²) in [6, 6.07) is 13.4. The first-order valence-electron chi connectivity index (χ1n) is 6.26. The Morgan fingerprint density at radius 2 is 1.90 bits per heavy atom. The molecule has 0 aliphatic rings. The van der Waals surface area contributed by atoms with Crippen LogP contribution in [-0.2, 0) is 6.61 Å². The highest BCUT2D eigenvalue weighted by molar-refractivity contribution is 6.00. The lowest BCUT2D eigenvalue weighted by Crippen LogP contribution is -2.02. The molecule has 0 fully saturated rings. The van der Waals surface area contributed by atoms with Crippen molar-refractivity contribution >= 4 is 11.4 Å². The maximum atomic E-state index is 10.6. The van der Waals surface area contributed by atoms with E-state index in [9.17, 15) is 10.1 Å². The molecule has 21 heavy (non-hydrogen) atoms. The van der Waals surface area contributed by atoms with E-state index in [1.54, 1.807) is 31.2 Å². The van der Waals surface area contributed by atoms with Crippen molar-refractivity contribution in [3.05, 3.63) is 69.8 Å². The second kappa shape index (κ2) is 6.51. The second-order valence-electron chi connectivity index (χ2n) is 4.39. The van der Waals surface area contributed by atoms with Gasteiger partial charge in [-0.25, -0.2) is 0 Å². The maximum absolute atomic E-state index is 10.6. The number of hydrogen-bond donors (Lipinski definition) is 1. The summed E-state index contributed by atoms with van der Waals surface area (Å²) >= 11 is 0. The number of ether oxygens (including phenoxy) is 1. The summed E-state index contributed by atoms with van der Waals surface area (Å²) in [7, 11) is 0. The summed E-state index contributed by atoms with van der Waals surface area (Å²) in [5, 5.41) is 22.6. The van der Waals surface area contributed by atoms with Crippen LogP contribution in [0, 0.1) is 10.1 Å². The van der Waals surface area contributed by atoms with E-state index < -0.39 is 4.92 Å².